The van der Waals surface area contributed by atoms with Crippen molar-refractivity contribution in [2.24, 2.45) is 4.99 Å². The van der Waals surface area contributed by atoms with Crippen LogP contribution in [0.2, 0.25) is 0 Å². The normalized spacial score (nSPS) is 11.1. The molecule has 0 saturated heterocycles. The highest BCUT2D eigenvalue weighted by molar-refractivity contribution is 5.79. The molecule has 156 valence electrons. The van der Waals surface area contributed by atoms with Crippen LogP contribution < -0.4 is 20.1 Å². The molecule has 2 N–H and O–H groups in total. The van der Waals surface area contributed by atoms with Crippen molar-refractivity contribution in [3.8, 4) is 11.6 Å². The average Bonchev–Trinajstić information content (AvgIpc) is 2.80. The number of nitrogens with zero attached hydrogens (tertiary/aromatic N) is 2. The first-order valence-corrected chi connectivity index (χ1v) is 10.1. The molecule has 3 rings (SSSR count). The maximum Gasteiger partial charge on any atom is 0.213 e. The van der Waals surface area contributed by atoms with Gasteiger partial charge in [-0.3, -0.25) is 4.99 Å². The predicted molar refractivity (Wildman–Crippen MR) is 120 cm³/mol. The fraction of sp³-hybridized carbons (Fsp3) is 0.250. The minimum Gasteiger partial charge on any atom is -0.494 e. The average molecular weight is 405 g/mol. The van der Waals surface area contributed by atoms with E-state index in [9.17, 15) is 0 Å². The lowest BCUT2D eigenvalue weighted by molar-refractivity contribution is 0.293. The summed E-state index contributed by atoms with van der Waals surface area (Å²) in [6, 6.07) is 21.9. The van der Waals surface area contributed by atoms with E-state index in [1.807, 2.05) is 73.7 Å². The van der Waals surface area contributed by atoms with Crippen LogP contribution in [0.5, 0.6) is 11.6 Å². The number of ether oxygens (including phenoxy) is 2. The molecule has 1 aromatic heterocycles. The topological polar surface area (TPSA) is 67.8 Å². The van der Waals surface area contributed by atoms with Crippen LogP contribution in [0.25, 0.3) is 0 Å². The summed E-state index contributed by atoms with van der Waals surface area (Å²) in [5.41, 5.74) is 3.26. The van der Waals surface area contributed by atoms with Gasteiger partial charge in [0.15, 0.2) is 5.96 Å². The van der Waals surface area contributed by atoms with E-state index in [2.05, 4.69) is 20.6 Å². The number of hydrogen-bond donors (Lipinski definition) is 2. The van der Waals surface area contributed by atoms with Crippen molar-refractivity contribution in [1.29, 1.82) is 0 Å². The van der Waals surface area contributed by atoms with Crippen LogP contribution in [0.3, 0.4) is 0 Å². The van der Waals surface area contributed by atoms with Gasteiger partial charge < -0.3 is 20.1 Å². The molecule has 30 heavy (non-hydrogen) atoms. The molecule has 0 unspecified atom stereocenters. The van der Waals surface area contributed by atoms with Crippen molar-refractivity contribution in [1.82, 2.24) is 15.6 Å². The molecule has 0 amide bonds. The molecule has 0 spiro atoms. The molecule has 0 fully saturated rings. The molecule has 0 bridgehead atoms. The molecule has 2 aromatic carbocycles. The van der Waals surface area contributed by atoms with E-state index in [1.165, 1.54) is 0 Å². The Balaban J connectivity index is 1.51. The Morgan fingerprint density at radius 3 is 2.47 bits per heavy atom. The number of aliphatic imine (C=N–C) groups is 1. The molecule has 1 heterocycles. The molecule has 0 radical (unpaired) electrons. The van der Waals surface area contributed by atoms with Crippen LogP contribution in [0.15, 0.2) is 77.9 Å². The van der Waals surface area contributed by atoms with E-state index < -0.39 is 0 Å². The number of hydrogen-bond acceptors (Lipinski definition) is 4. The molecular weight excluding hydrogens is 376 g/mol. The second-order valence-corrected chi connectivity index (χ2v) is 6.60. The third-order valence-corrected chi connectivity index (χ3v) is 4.43. The van der Waals surface area contributed by atoms with Crippen LogP contribution in [0, 0.1) is 0 Å². The van der Waals surface area contributed by atoms with Gasteiger partial charge in [-0.05, 0) is 30.2 Å². The predicted octanol–water partition coefficient (Wildman–Crippen LogP) is 3.92. The maximum absolute atomic E-state index is 5.81. The molecule has 0 aliphatic rings. The highest BCUT2D eigenvalue weighted by Crippen LogP contribution is 2.17. The van der Waals surface area contributed by atoms with Gasteiger partial charge in [-0.2, -0.15) is 0 Å². The van der Waals surface area contributed by atoms with Crippen LogP contribution in [0.4, 0.5) is 0 Å². The van der Waals surface area contributed by atoms with Gasteiger partial charge in [0.2, 0.25) is 5.88 Å². The van der Waals surface area contributed by atoms with Crippen molar-refractivity contribution in [2.75, 3.05) is 13.7 Å². The van der Waals surface area contributed by atoms with Crippen LogP contribution in [-0.4, -0.2) is 24.6 Å². The maximum atomic E-state index is 5.81. The van der Waals surface area contributed by atoms with Gasteiger partial charge in [-0.15, -0.1) is 0 Å². The minimum absolute atomic E-state index is 0.493. The third-order valence-electron chi connectivity index (χ3n) is 4.43. The van der Waals surface area contributed by atoms with Crippen LogP contribution >= 0.6 is 0 Å². The van der Waals surface area contributed by atoms with Gasteiger partial charge in [0.05, 0.1) is 6.61 Å². The Morgan fingerprint density at radius 1 is 0.900 bits per heavy atom. The number of rotatable bonds is 9. The Morgan fingerprint density at radius 2 is 1.67 bits per heavy atom. The van der Waals surface area contributed by atoms with E-state index in [4.69, 9.17) is 9.47 Å². The summed E-state index contributed by atoms with van der Waals surface area (Å²) in [5, 5.41) is 6.65. The van der Waals surface area contributed by atoms with Crippen molar-refractivity contribution < 1.29 is 9.47 Å². The van der Waals surface area contributed by atoms with Gasteiger partial charge >= 0.3 is 0 Å². The molecule has 0 atom stereocenters. The highest BCUT2D eigenvalue weighted by atomic mass is 16.5. The zero-order valence-electron chi connectivity index (χ0n) is 17.5. The Bertz CT molecular complexity index is 945. The van der Waals surface area contributed by atoms with Crippen molar-refractivity contribution in [2.45, 2.75) is 26.6 Å². The van der Waals surface area contributed by atoms with Crippen molar-refractivity contribution in [3.05, 3.63) is 89.6 Å². The van der Waals surface area contributed by atoms with Crippen LogP contribution in [-0.2, 0) is 19.7 Å². The molecule has 0 aliphatic carbocycles. The molecule has 0 saturated carbocycles. The number of guanidine groups is 1. The SMILES string of the molecule is CCOc1ccccc1CNC(=NC)NCc1ccnc(OCc2ccccc2)c1. The minimum atomic E-state index is 0.493. The summed E-state index contributed by atoms with van der Waals surface area (Å²) < 4.78 is 11.5. The summed E-state index contributed by atoms with van der Waals surface area (Å²) in [7, 11) is 1.75. The number of pyridine rings is 1. The highest BCUT2D eigenvalue weighted by Gasteiger charge is 2.05. The molecule has 0 aliphatic heterocycles. The molecule has 6 nitrogen and oxygen atoms in total. The van der Waals surface area contributed by atoms with Crippen molar-refractivity contribution >= 4 is 5.96 Å². The van der Waals surface area contributed by atoms with E-state index in [1.54, 1.807) is 13.2 Å². The second-order valence-electron chi connectivity index (χ2n) is 6.60. The zero-order chi connectivity index (χ0) is 21.0. The quantitative estimate of drug-likeness (QED) is 0.418. The van der Waals surface area contributed by atoms with Gasteiger partial charge in [0, 0.05) is 38.0 Å². The monoisotopic (exact) mass is 404 g/mol. The zero-order valence-corrected chi connectivity index (χ0v) is 17.5. The Labute approximate surface area is 178 Å². The lowest BCUT2D eigenvalue weighted by atomic mass is 10.2. The first-order chi connectivity index (χ1) is 14.8. The first-order valence-electron chi connectivity index (χ1n) is 10.1. The molecular formula is C24H28N4O2. The lowest BCUT2D eigenvalue weighted by Gasteiger charge is -2.14. The van der Waals surface area contributed by atoms with E-state index in [0.717, 1.165) is 22.4 Å². The van der Waals surface area contributed by atoms with Crippen molar-refractivity contribution in [3.63, 3.8) is 0 Å². The Kier molecular flexibility index (Phi) is 8.09. The number of para-hydroxylation sites is 1. The van der Waals surface area contributed by atoms with E-state index in [-0.39, 0.29) is 0 Å². The summed E-state index contributed by atoms with van der Waals surface area (Å²) >= 11 is 0. The third kappa shape index (κ3) is 6.51. The largest absolute Gasteiger partial charge is 0.494 e. The van der Waals surface area contributed by atoms with Crippen LogP contribution in [0.1, 0.15) is 23.6 Å². The summed E-state index contributed by atoms with van der Waals surface area (Å²) in [6.45, 7) is 4.35. The number of benzene rings is 2. The Hall–Kier alpha value is -3.54. The summed E-state index contributed by atoms with van der Waals surface area (Å²) in [6.07, 6.45) is 1.76. The second kappa shape index (κ2) is 11.5. The first kappa shape index (κ1) is 21.2. The van der Waals surface area contributed by atoms with Gasteiger partial charge in [-0.25, -0.2) is 4.98 Å². The van der Waals surface area contributed by atoms with Gasteiger partial charge in [0.1, 0.15) is 12.4 Å². The van der Waals surface area contributed by atoms with Gasteiger partial charge in [0.25, 0.3) is 0 Å². The standard InChI is InChI=1S/C24H28N4O2/c1-3-29-22-12-8-7-11-21(22)17-28-24(25-2)27-16-20-13-14-26-23(15-20)30-18-19-9-5-4-6-10-19/h4-15H,3,16-18H2,1-2H3,(H2,25,27,28). The molecule has 6 heteroatoms. The fourth-order valence-electron chi connectivity index (χ4n) is 2.90. The van der Waals surface area contributed by atoms with E-state index in [0.29, 0.717) is 38.1 Å². The molecule has 3 aromatic rings. The smallest absolute Gasteiger partial charge is 0.213 e. The fourth-order valence-corrected chi connectivity index (χ4v) is 2.90. The number of nitrogens with one attached hydrogen (secondary N) is 2. The summed E-state index contributed by atoms with van der Waals surface area (Å²) in [5.74, 6) is 2.20. The number of aromatic nitrogens is 1. The van der Waals surface area contributed by atoms with E-state index >= 15 is 0 Å². The lowest BCUT2D eigenvalue weighted by Crippen LogP contribution is -2.36. The van der Waals surface area contributed by atoms with Gasteiger partial charge in [-0.1, -0.05) is 48.5 Å². The summed E-state index contributed by atoms with van der Waals surface area (Å²) in [4.78, 5) is 8.59.